The zero-order valence-corrected chi connectivity index (χ0v) is 15.3. The van der Waals surface area contributed by atoms with Crippen LogP contribution in [0.3, 0.4) is 0 Å². The van der Waals surface area contributed by atoms with Crippen molar-refractivity contribution in [3.63, 3.8) is 0 Å². The summed E-state index contributed by atoms with van der Waals surface area (Å²) in [5.74, 6) is 0. The Morgan fingerprint density at radius 3 is 2.62 bits per heavy atom. The number of quaternary nitrogens is 1. The van der Waals surface area contributed by atoms with Crippen LogP contribution in [-0.2, 0) is 0 Å². The number of fused-ring (bicyclic) bond motifs is 2. The van der Waals surface area contributed by atoms with Crippen LogP contribution < -0.4 is 4.90 Å². The van der Waals surface area contributed by atoms with Gasteiger partial charge in [-0.2, -0.15) is 11.8 Å². The van der Waals surface area contributed by atoms with Gasteiger partial charge in [0.25, 0.3) is 0 Å². The maximum Gasteiger partial charge on any atom is 0.0779 e. The maximum absolute atomic E-state index is 6.52. The van der Waals surface area contributed by atoms with Crippen LogP contribution in [-0.4, -0.2) is 60.0 Å². The van der Waals surface area contributed by atoms with E-state index < -0.39 is 0 Å². The van der Waals surface area contributed by atoms with Gasteiger partial charge in [-0.25, -0.2) is 0 Å². The third kappa shape index (κ3) is 3.91. The smallest absolute Gasteiger partial charge is 0.0779 e. The van der Waals surface area contributed by atoms with Crippen LogP contribution in [0.2, 0.25) is 0 Å². The van der Waals surface area contributed by atoms with Gasteiger partial charge in [-0.05, 0) is 32.1 Å². The van der Waals surface area contributed by atoms with Gasteiger partial charge in [-0.1, -0.05) is 12.8 Å². The topological polar surface area (TPSA) is 7.68 Å². The monoisotopic (exact) mass is 331 g/mol. The van der Waals surface area contributed by atoms with Gasteiger partial charge in [-0.15, -0.1) is 11.6 Å². The van der Waals surface area contributed by atoms with Crippen LogP contribution in [0.25, 0.3) is 0 Å². The molecule has 0 aromatic carbocycles. The summed E-state index contributed by atoms with van der Waals surface area (Å²) < 4.78 is 0. The number of hydrogen-bond acceptors (Lipinski definition) is 2. The van der Waals surface area contributed by atoms with Crippen molar-refractivity contribution in [2.24, 2.45) is 0 Å². The van der Waals surface area contributed by atoms with Crippen LogP contribution >= 0.6 is 23.4 Å². The minimum Gasteiger partial charge on any atom is -0.340 e. The minimum absolute atomic E-state index is 0.425. The van der Waals surface area contributed by atoms with Crippen molar-refractivity contribution in [3.05, 3.63) is 0 Å². The maximum atomic E-state index is 6.52. The second-order valence-corrected chi connectivity index (χ2v) is 9.69. The molecule has 0 radical (unpaired) electrons. The van der Waals surface area contributed by atoms with E-state index in [0.29, 0.717) is 5.38 Å². The molecule has 122 valence electrons. The average Bonchev–Trinajstić information content (AvgIpc) is 2.46. The van der Waals surface area contributed by atoms with Gasteiger partial charge in [0.15, 0.2) is 0 Å². The molecule has 0 aromatic heterocycles. The second kappa shape index (κ2) is 7.42. The van der Waals surface area contributed by atoms with Crippen LogP contribution in [0.5, 0.6) is 0 Å². The Morgan fingerprint density at radius 2 is 1.81 bits per heavy atom. The van der Waals surface area contributed by atoms with E-state index in [2.05, 4.69) is 30.8 Å². The third-order valence-electron chi connectivity index (χ3n) is 5.65. The van der Waals surface area contributed by atoms with E-state index in [1.165, 1.54) is 64.5 Å². The zero-order chi connectivity index (χ0) is 14.8. The highest BCUT2D eigenvalue weighted by Gasteiger charge is 2.45. The fourth-order valence-electron chi connectivity index (χ4n) is 4.61. The average molecular weight is 332 g/mol. The number of rotatable bonds is 4. The minimum atomic E-state index is 0.425. The lowest BCUT2D eigenvalue weighted by atomic mass is 9.87. The van der Waals surface area contributed by atoms with Gasteiger partial charge < -0.3 is 4.90 Å². The molecule has 5 unspecified atom stereocenters. The lowest BCUT2D eigenvalue weighted by molar-refractivity contribution is -0.858. The van der Waals surface area contributed by atoms with E-state index in [9.17, 15) is 0 Å². The highest BCUT2D eigenvalue weighted by atomic mass is 35.5. The normalized spacial score (nSPS) is 40.9. The molecule has 0 bridgehead atoms. The molecule has 0 spiro atoms. The van der Waals surface area contributed by atoms with Gasteiger partial charge in [0.05, 0.1) is 20.6 Å². The molecule has 2 aliphatic carbocycles. The van der Waals surface area contributed by atoms with E-state index in [4.69, 9.17) is 11.6 Å². The Kier molecular flexibility index (Phi) is 5.80. The number of nitrogens with one attached hydrogen (secondary N) is 1. The Morgan fingerprint density at radius 1 is 1.05 bits per heavy atom. The van der Waals surface area contributed by atoms with Crippen molar-refractivity contribution in [3.8, 4) is 0 Å². The van der Waals surface area contributed by atoms with Crippen molar-refractivity contribution in [1.82, 2.24) is 4.90 Å². The van der Waals surface area contributed by atoms with Gasteiger partial charge >= 0.3 is 0 Å². The lowest BCUT2D eigenvalue weighted by Gasteiger charge is -2.54. The summed E-state index contributed by atoms with van der Waals surface area (Å²) in [6.45, 7) is 2.60. The van der Waals surface area contributed by atoms with E-state index in [1.807, 2.05) is 0 Å². The largest absolute Gasteiger partial charge is 0.340 e. The number of halogens is 1. The first-order valence-corrected chi connectivity index (χ1v) is 10.4. The summed E-state index contributed by atoms with van der Waals surface area (Å²) in [4.78, 5) is 4.50. The van der Waals surface area contributed by atoms with Gasteiger partial charge in [0.2, 0.25) is 0 Å². The molecule has 2 saturated carbocycles. The summed E-state index contributed by atoms with van der Waals surface area (Å²) in [6, 6.07) is 1.62. The molecule has 3 aliphatic rings. The van der Waals surface area contributed by atoms with Crippen LogP contribution in [0, 0.1) is 0 Å². The van der Waals surface area contributed by atoms with Crippen molar-refractivity contribution in [1.29, 1.82) is 0 Å². The molecular formula is C17H32ClN2S+. The molecule has 4 heteroatoms. The Bertz CT molecular complexity index is 339. The number of hydrogen-bond donors (Lipinski definition) is 1. The first-order chi connectivity index (χ1) is 10.1. The van der Waals surface area contributed by atoms with Crippen molar-refractivity contribution < 1.29 is 4.90 Å². The highest BCUT2D eigenvalue weighted by molar-refractivity contribution is 8.00. The zero-order valence-electron chi connectivity index (χ0n) is 13.7. The molecule has 0 aromatic rings. The second-order valence-electron chi connectivity index (χ2n) is 7.59. The van der Waals surface area contributed by atoms with E-state index >= 15 is 0 Å². The molecule has 2 nitrogen and oxygen atoms in total. The molecule has 21 heavy (non-hydrogen) atoms. The molecule has 0 amide bonds. The molecule has 1 N–H and O–H groups in total. The van der Waals surface area contributed by atoms with E-state index in [0.717, 1.165) is 22.6 Å². The summed E-state index contributed by atoms with van der Waals surface area (Å²) in [6.07, 6.45) is 11.0. The molecule has 5 atom stereocenters. The number of nitrogens with zero attached hydrogens (tertiary/aromatic N) is 1. The molecule has 1 saturated heterocycles. The van der Waals surface area contributed by atoms with Crippen molar-refractivity contribution in [2.45, 2.75) is 79.3 Å². The molecule has 1 heterocycles. The Labute approximate surface area is 140 Å². The summed E-state index contributed by atoms with van der Waals surface area (Å²) in [5.41, 5.74) is 0. The fraction of sp³-hybridized carbons (Fsp3) is 1.00. The number of alkyl halides is 1. The van der Waals surface area contributed by atoms with Crippen molar-refractivity contribution >= 4 is 23.4 Å². The summed E-state index contributed by atoms with van der Waals surface area (Å²) >= 11 is 8.86. The Hall–Kier alpha value is 0.560. The molecule has 1 aliphatic heterocycles. The molecule has 3 rings (SSSR count). The van der Waals surface area contributed by atoms with Gasteiger partial charge in [0.1, 0.15) is 0 Å². The highest BCUT2D eigenvalue weighted by Crippen LogP contribution is 2.46. The quantitative estimate of drug-likeness (QED) is 0.791. The third-order valence-corrected chi connectivity index (χ3v) is 7.85. The van der Waals surface area contributed by atoms with Crippen LogP contribution in [0.1, 0.15) is 51.4 Å². The number of thioether (sulfide) groups is 1. The standard InChI is InChI=1S/C17H31ClN2S/c1-19(2)10-5-11-20-14-6-3-4-7-16(14)21-17-9-8-13(18)12-15(17)20/h13-17H,3-12H2,1-2H3/p+1. The van der Waals surface area contributed by atoms with E-state index in [1.54, 1.807) is 4.90 Å². The predicted octanol–water partition coefficient (Wildman–Crippen LogP) is 2.41. The van der Waals surface area contributed by atoms with Gasteiger partial charge in [-0.3, -0.25) is 4.90 Å². The fourth-order valence-corrected chi connectivity index (χ4v) is 6.86. The summed E-state index contributed by atoms with van der Waals surface area (Å²) in [5, 5.41) is 2.21. The molecular weight excluding hydrogens is 300 g/mol. The first-order valence-electron chi connectivity index (χ1n) is 8.99. The van der Waals surface area contributed by atoms with Crippen LogP contribution in [0.4, 0.5) is 0 Å². The van der Waals surface area contributed by atoms with Crippen molar-refractivity contribution in [2.75, 3.05) is 27.2 Å². The predicted molar refractivity (Wildman–Crippen MR) is 93.7 cm³/mol. The Balaban J connectivity index is 1.69. The van der Waals surface area contributed by atoms with Gasteiger partial charge in [0, 0.05) is 40.9 Å². The molecule has 3 fully saturated rings. The first kappa shape index (κ1) is 16.4. The van der Waals surface area contributed by atoms with Crippen LogP contribution in [0.15, 0.2) is 0 Å². The summed E-state index contributed by atoms with van der Waals surface area (Å²) in [7, 11) is 4.54. The lowest BCUT2D eigenvalue weighted by Crippen LogP contribution is -3.05. The van der Waals surface area contributed by atoms with E-state index in [-0.39, 0.29) is 0 Å². The SMILES string of the molecule is C[NH+](C)CCCN1C2CCCCC2SC2CCC(Cl)CC21.